The maximum absolute atomic E-state index is 12.2. The Bertz CT molecular complexity index is 855. The number of carbonyl (C=O) groups excluding carboxylic acids is 1. The van der Waals surface area contributed by atoms with Crippen LogP contribution in [0.3, 0.4) is 0 Å². The van der Waals surface area contributed by atoms with E-state index in [1.807, 2.05) is 30.5 Å². The SMILES string of the molecule is C[C@@H](NC(=O)CCc1c[nH]c2ccccc12)[C@H](O)c1ccc(O)cc1. The molecule has 2 aromatic carbocycles. The predicted octanol–water partition coefficient (Wildman–Crippen LogP) is 3.04. The lowest BCUT2D eigenvalue weighted by atomic mass is 10.0. The summed E-state index contributed by atoms with van der Waals surface area (Å²) in [5, 5.41) is 23.6. The number of H-pyrrole nitrogens is 1. The number of phenolic OH excluding ortho intramolecular Hbond substituents is 1. The number of para-hydroxylation sites is 1. The molecule has 130 valence electrons. The first-order valence-corrected chi connectivity index (χ1v) is 8.36. The summed E-state index contributed by atoms with van der Waals surface area (Å²) in [5.41, 5.74) is 2.83. The fourth-order valence-electron chi connectivity index (χ4n) is 2.95. The minimum Gasteiger partial charge on any atom is -0.508 e. The van der Waals surface area contributed by atoms with Crippen LogP contribution in [-0.2, 0) is 11.2 Å². The lowest BCUT2D eigenvalue weighted by molar-refractivity contribution is -0.122. The van der Waals surface area contributed by atoms with Crippen LogP contribution in [0.25, 0.3) is 10.9 Å². The first kappa shape index (κ1) is 17.0. The van der Waals surface area contributed by atoms with Gasteiger partial charge in [-0.05, 0) is 42.7 Å². The number of carbonyl (C=O) groups is 1. The third-order valence-corrected chi connectivity index (χ3v) is 4.39. The highest BCUT2D eigenvalue weighted by atomic mass is 16.3. The van der Waals surface area contributed by atoms with Gasteiger partial charge in [0.1, 0.15) is 5.75 Å². The van der Waals surface area contributed by atoms with Gasteiger partial charge in [0, 0.05) is 23.5 Å². The molecule has 25 heavy (non-hydrogen) atoms. The van der Waals surface area contributed by atoms with E-state index in [2.05, 4.69) is 10.3 Å². The lowest BCUT2D eigenvalue weighted by Gasteiger charge is -2.20. The molecule has 0 aliphatic heterocycles. The smallest absolute Gasteiger partial charge is 0.220 e. The van der Waals surface area contributed by atoms with E-state index in [1.165, 1.54) is 12.1 Å². The van der Waals surface area contributed by atoms with Gasteiger partial charge in [0.25, 0.3) is 0 Å². The zero-order chi connectivity index (χ0) is 17.8. The van der Waals surface area contributed by atoms with Gasteiger partial charge in [0.05, 0.1) is 12.1 Å². The molecule has 1 heterocycles. The number of aromatic amines is 1. The highest BCUT2D eigenvalue weighted by Crippen LogP contribution is 2.21. The number of fused-ring (bicyclic) bond motifs is 1. The Morgan fingerprint density at radius 1 is 1.16 bits per heavy atom. The van der Waals surface area contributed by atoms with Crippen LogP contribution in [0, 0.1) is 0 Å². The van der Waals surface area contributed by atoms with E-state index in [0.717, 1.165) is 16.5 Å². The van der Waals surface area contributed by atoms with Crippen LogP contribution in [0.5, 0.6) is 5.75 Å². The molecule has 0 spiro atoms. The Morgan fingerprint density at radius 2 is 1.88 bits per heavy atom. The highest BCUT2D eigenvalue weighted by molar-refractivity contribution is 5.84. The van der Waals surface area contributed by atoms with E-state index in [1.54, 1.807) is 19.1 Å². The molecule has 0 radical (unpaired) electrons. The molecule has 5 heteroatoms. The van der Waals surface area contributed by atoms with Crippen LogP contribution in [-0.4, -0.2) is 27.1 Å². The summed E-state index contributed by atoms with van der Waals surface area (Å²) in [6.45, 7) is 1.76. The summed E-state index contributed by atoms with van der Waals surface area (Å²) < 4.78 is 0. The van der Waals surface area contributed by atoms with Crippen molar-refractivity contribution in [2.75, 3.05) is 0 Å². The van der Waals surface area contributed by atoms with Crippen LogP contribution < -0.4 is 5.32 Å². The number of aliphatic hydroxyl groups excluding tert-OH is 1. The number of amides is 1. The number of aromatic hydroxyl groups is 1. The first-order valence-electron chi connectivity index (χ1n) is 8.36. The minimum atomic E-state index is -0.822. The monoisotopic (exact) mass is 338 g/mol. The Morgan fingerprint density at radius 3 is 2.64 bits per heavy atom. The molecule has 0 aliphatic rings. The van der Waals surface area contributed by atoms with Crippen molar-refractivity contribution < 1.29 is 15.0 Å². The molecule has 0 bridgehead atoms. The van der Waals surface area contributed by atoms with Gasteiger partial charge in [0.15, 0.2) is 0 Å². The fraction of sp³-hybridized carbons (Fsp3) is 0.250. The molecule has 0 saturated carbocycles. The largest absolute Gasteiger partial charge is 0.508 e. The quantitative estimate of drug-likeness (QED) is 0.557. The van der Waals surface area contributed by atoms with Crippen LogP contribution in [0.1, 0.15) is 30.6 Å². The third-order valence-electron chi connectivity index (χ3n) is 4.39. The third kappa shape index (κ3) is 4.00. The normalized spacial score (nSPS) is 13.5. The molecular weight excluding hydrogens is 316 g/mol. The van der Waals surface area contributed by atoms with E-state index in [4.69, 9.17) is 0 Å². The molecule has 3 rings (SSSR count). The molecule has 0 saturated heterocycles. The molecule has 3 aromatic rings. The summed E-state index contributed by atoms with van der Waals surface area (Å²) in [5.74, 6) is 0.0435. The molecule has 4 N–H and O–H groups in total. The number of nitrogens with one attached hydrogen (secondary N) is 2. The second kappa shape index (κ2) is 7.40. The Balaban J connectivity index is 1.55. The van der Waals surface area contributed by atoms with Crippen molar-refractivity contribution in [2.24, 2.45) is 0 Å². The van der Waals surface area contributed by atoms with Gasteiger partial charge in [0.2, 0.25) is 5.91 Å². The minimum absolute atomic E-state index is 0.101. The zero-order valence-electron chi connectivity index (χ0n) is 14.1. The number of aromatic nitrogens is 1. The van der Waals surface area contributed by atoms with Crippen LogP contribution in [0.2, 0.25) is 0 Å². The van der Waals surface area contributed by atoms with Gasteiger partial charge in [-0.1, -0.05) is 30.3 Å². The number of hydrogen-bond acceptors (Lipinski definition) is 3. The summed E-state index contributed by atoms with van der Waals surface area (Å²) >= 11 is 0. The van der Waals surface area contributed by atoms with Crippen LogP contribution >= 0.6 is 0 Å². The van der Waals surface area contributed by atoms with Gasteiger partial charge >= 0.3 is 0 Å². The molecule has 1 amide bonds. The van der Waals surface area contributed by atoms with Crippen molar-refractivity contribution in [3.8, 4) is 5.75 Å². The average Bonchev–Trinajstić information content (AvgIpc) is 3.03. The van der Waals surface area contributed by atoms with Crippen LogP contribution in [0.4, 0.5) is 0 Å². The van der Waals surface area contributed by atoms with Gasteiger partial charge in [-0.2, -0.15) is 0 Å². The number of rotatable bonds is 6. The topological polar surface area (TPSA) is 85.4 Å². The maximum atomic E-state index is 12.2. The maximum Gasteiger partial charge on any atom is 0.220 e. The molecule has 0 fully saturated rings. The van der Waals surface area contributed by atoms with E-state index in [0.29, 0.717) is 18.4 Å². The molecular formula is C20H22N2O3. The van der Waals surface area contributed by atoms with Gasteiger partial charge < -0.3 is 20.5 Å². The molecule has 0 aliphatic carbocycles. The van der Waals surface area contributed by atoms with E-state index in [9.17, 15) is 15.0 Å². The molecule has 1 aromatic heterocycles. The fourth-order valence-corrected chi connectivity index (χ4v) is 2.95. The van der Waals surface area contributed by atoms with E-state index >= 15 is 0 Å². The Kier molecular flexibility index (Phi) is 5.05. The summed E-state index contributed by atoms with van der Waals surface area (Å²) in [6, 6.07) is 13.9. The number of aliphatic hydroxyl groups is 1. The molecule has 5 nitrogen and oxygen atoms in total. The van der Waals surface area contributed by atoms with Gasteiger partial charge in [-0.25, -0.2) is 0 Å². The van der Waals surface area contributed by atoms with Crippen molar-refractivity contribution in [3.63, 3.8) is 0 Å². The predicted molar refractivity (Wildman–Crippen MR) is 97.3 cm³/mol. The molecule has 2 atom stereocenters. The summed E-state index contributed by atoms with van der Waals surface area (Å²) in [6.07, 6.45) is 2.11. The molecule has 0 unspecified atom stereocenters. The van der Waals surface area contributed by atoms with Crippen molar-refractivity contribution in [2.45, 2.75) is 31.9 Å². The standard InChI is InChI=1S/C20H22N2O3/c1-13(20(25)14-6-9-16(23)10-7-14)22-19(24)11-8-15-12-21-18-5-3-2-4-17(15)18/h2-7,9-10,12-13,20-21,23,25H,8,11H2,1H3,(H,22,24)/t13-,20+/m1/s1. The zero-order valence-corrected chi connectivity index (χ0v) is 14.1. The second-order valence-corrected chi connectivity index (χ2v) is 6.25. The van der Waals surface area contributed by atoms with Crippen molar-refractivity contribution in [1.82, 2.24) is 10.3 Å². The number of hydrogen-bond donors (Lipinski definition) is 4. The van der Waals surface area contributed by atoms with Crippen molar-refractivity contribution >= 4 is 16.8 Å². The van der Waals surface area contributed by atoms with Crippen LogP contribution in [0.15, 0.2) is 54.7 Å². The van der Waals surface area contributed by atoms with E-state index < -0.39 is 12.1 Å². The number of aryl methyl sites for hydroxylation is 1. The summed E-state index contributed by atoms with van der Waals surface area (Å²) in [7, 11) is 0. The number of phenols is 1. The van der Waals surface area contributed by atoms with Crippen molar-refractivity contribution in [1.29, 1.82) is 0 Å². The second-order valence-electron chi connectivity index (χ2n) is 6.25. The van der Waals surface area contributed by atoms with Crippen molar-refractivity contribution in [3.05, 3.63) is 65.9 Å². The summed E-state index contributed by atoms with van der Waals surface area (Å²) in [4.78, 5) is 15.4. The van der Waals surface area contributed by atoms with Gasteiger partial charge in [-0.3, -0.25) is 4.79 Å². The Hall–Kier alpha value is -2.79. The average molecular weight is 338 g/mol. The highest BCUT2D eigenvalue weighted by Gasteiger charge is 2.18. The Labute approximate surface area is 146 Å². The lowest BCUT2D eigenvalue weighted by Crippen LogP contribution is -2.37. The number of benzene rings is 2. The van der Waals surface area contributed by atoms with Gasteiger partial charge in [-0.15, -0.1) is 0 Å². The van der Waals surface area contributed by atoms with E-state index in [-0.39, 0.29) is 11.7 Å². The first-order chi connectivity index (χ1) is 12.0.